The lowest BCUT2D eigenvalue weighted by Gasteiger charge is -2.02. The number of rotatable bonds is 2. The van der Waals surface area contributed by atoms with Gasteiger partial charge in [-0.3, -0.25) is 0 Å². The summed E-state index contributed by atoms with van der Waals surface area (Å²) in [6.07, 6.45) is 2.24. The van der Waals surface area contributed by atoms with Crippen LogP contribution in [0, 0.1) is 11.3 Å². The highest BCUT2D eigenvalue weighted by atomic mass is 14.3. The van der Waals surface area contributed by atoms with Gasteiger partial charge in [0.15, 0.2) is 0 Å². The van der Waals surface area contributed by atoms with Crippen LogP contribution in [0.1, 0.15) is 22.6 Å². The summed E-state index contributed by atoms with van der Waals surface area (Å²) >= 11 is 0. The minimum absolute atomic E-state index is 0.394. The fraction of sp³-hybridized carbons (Fsp3) is 0.0625. The number of nitriles is 1. The summed E-state index contributed by atoms with van der Waals surface area (Å²) in [7, 11) is 0. The standard InChI is InChI=1S/C16H11N/c17-11-12-5-4-8-14(9-12)16-10-15(16)13-6-2-1-3-7-13/h1-10,16H. The molecule has 1 heteroatoms. The third-order valence-corrected chi connectivity index (χ3v) is 3.05. The number of nitrogens with zero attached hydrogens (tertiary/aromatic N) is 1. The molecule has 0 fully saturated rings. The van der Waals surface area contributed by atoms with Crippen LogP contribution in [0.15, 0.2) is 60.7 Å². The molecule has 1 nitrogen and oxygen atoms in total. The third kappa shape index (κ3) is 1.86. The zero-order chi connectivity index (χ0) is 11.7. The van der Waals surface area contributed by atoms with Gasteiger partial charge in [-0.1, -0.05) is 48.5 Å². The first kappa shape index (κ1) is 9.86. The van der Waals surface area contributed by atoms with E-state index < -0.39 is 0 Å². The van der Waals surface area contributed by atoms with E-state index in [1.165, 1.54) is 16.7 Å². The Morgan fingerprint density at radius 2 is 1.76 bits per heavy atom. The quantitative estimate of drug-likeness (QED) is 0.751. The van der Waals surface area contributed by atoms with E-state index in [0.29, 0.717) is 5.92 Å². The largest absolute Gasteiger partial charge is 0.192 e. The molecular formula is C16H11N. The average molecular weight is 217 g/mol. The monoisotopic (exact) mass is 217 g/mol. The Morgan fingerprint density at radius 1 is 0.941 bits per heavy atom. The lowest BCUT2D eigenvalue weighted by atomic mass is 10.0. The van der Waals surface area contributed by atoms with Crippen LogP contribution in [0.25, 0.3) is 5.57 Å². The van der Waals surface area contributed by atoms with Gasteiger partial charge in [0.2, 0.25) is 0 Å². The second-order valence-electron chi connectivity index (χ2n) is 4.20. The first-order valence-electron chi connectivity index (χ1n) is 5.66. The van der Waals surface area contributed by atoms with Crippen molar-refractivity contribution in [2.24, 2.45) is 0 Å². The van der Waals surface area contributed by atoms with Gasteiger partial charge in [0.25, 0.3) is 0 Å². The van der Waals surface area contributed by atoms with E-state index in [4.69, 9.17) is 5.26 Å². The predicted molar refractivity (Wildman–Crippen MR) is 68.3 cm³/mol. The van der Waals surface area contributed by atoms with E-state index in [9.17, 15) is 0 Å². The molecule has 1 unspecified atom stereocenters. The molecule has 17 heavy (non-hydrogen) atoms. The van der Waals surface area contributed by atoms with Crippen LogP contribution in [0.4, 0.5) is 0 Å². The summed E-state index contributed by atoms with van der Waals surface area (Å²) in [4.78, 5) is 0. The van der Waals surface area contributed by atoms with Crippen LogP contribution in [-0.2, 0) is 0 Å². The molecule has 2 aromatic carbocycles. The molecule has 0 spiro atoms. The molecule has 3 rings (SSSR count). The van der Waals surface area contributed by atoms with Gasteiger partial charge < -0.3 is 0 Å². The summed E-state index contributed by atoms with van der Waals surface area (Å²) < 4.78 is 0. The minimum atomic E-state index is 0.394. The molecule has 0 saturated carbocycles. The maximum Gasteiger partial charge on any atom is 0.0991 e. The van der Waals surface area contributed by atoms with Gasteiger partial charge in [-0.05, 0) is 28.8 Å². The summed E-state index contributed by atoms with van der Waals surface area (Å²) in [6, 6.07) is 20.4. The molecule has 0 aliphatic heterocycles. The summed E-state index contributed by atoms with van der Waals surface area (Å²) in [5, 5.41) is 8.88. The summed E-state index contributed by atoms with van der Waals surface area (Å²) in [6.45, 7) is 0. The highest BCUT2D eigenvalue weighted by Gasteiger charge is 2.27. The van der Waals surface area contributed by atoms with E-state index >= 15 is 0 Å². The van der Waals surface area contributed by atoms with E-state index in [1.807, 2.05) is 24.3 Å². The Morgan fingerprint density at radius 3 is 2.53 bits per heavy atom. The van der Waals surface area contributed by atoms with Crippen molar-refractivity contribution in [3.05, 3.63) is 77.4 Å². The molecule has 0 saturated heterocycles. The summed E-state index contributed by atoms with van der Waals surface area (Å²) in [5.74, 6) is 0.394. The Hall–Kier alpha value is -2.33. The van der Waals surface area contributed by atoms with E-state index in [-0.39, 0.29) is 0 Å². The first-order chi connectivity index (χ1) is 8.38. The van der Waals surface area contributed by atoms with Gasteiger partial charge >= 0.3 is 0 Å². The molecule has 0 N–H and O–H groups in total. The van der Waals surface area contributed by atoms with Gasteiger partial charge in [-0.15, -0.1) is 0 Å². The topological polar surface area (TPSA) is 23.8 Å². The normalized spacial score (nSPS) is 17.1. The van der Waals surface area contributed by atoms with E-state index in [2.05, 4.69) is 42.5 Å². The molecule has 80 valence electrons. The molecule has 0 heterocycles. The molecule has 1 aliphatic carbocycles. The highest BCUT2D eigenvalue weighted by molar-refractivity contribution is 5.86. The number of hydrogen-bond acceptors (Lipinski definition) is 1. The van der Waals surface area contributed by atoms with Crippen molar-refractivity contribution in [3.8, 4) is 6.07 Å². The van der Waals surface area contributed by atoms with Gasteiger partial charge in [-0.25, -0.2) is 0 Å². The van der Waals surface area contributed by atoms with Gasteiger partial charge in [-0.2, -0.15) is 5.26 Å². The van der Waals surface area contributed by atoms with Crippen LogP contribution in [0.2, 0.25) is 0 Å². The smallest absolute Gasteiger partial charge is 0.0991 e. The van der Waals surface area contributed by atoms with Gasteiger partial charge in [0.1, 0.15) is 0 Å². The van der Waals surface area contributed by atoms with Crippen molar-refractivity contribution >= 4 is 5.57 Å². The Kier molecular flexibility index (Phi) is 2.27. The molecule has 1 atom stereocenters. The van der Waals surface area contributed by atoms with Crippen LogP contribution in [-0.4, -0.2) is 0 Å². The van der Waals surface area contributed by atoms with E-state index in [1.54, 1.807) is 0 Å². The maximum atomic E-state index is 8.88. The van der Waals surface area contributed by atoms with Crippen molar-refractivity contribution in [2.45, 2.75) is 5.92 Å². The SMILES string of the molecule is N#Cc1cccc(C2C=C2c2ccccc2)c1. The van der Waals surface area contributed by atoms with E-state index in [0.717, 1.165) is 5.56 Å². The van der Waals surface area contributed by atoms with Gasteiger partial charge in [0, 0.05) is 5.92 Å². The fourth-order valence-electron chi connectivity index (χ4n) is 2.12. The molecule has 2 aromatic rings. The predicted octanol–water partition coefficient (Wildman–Crippen LogP) is 3.74. The zero-order valence-electron chi connectivity index (χ0n) is 9.30. The second kappa shape index (κ2) is 3.92. The number of hydrogen-bond donors (Lipinski definition) is 0. The molecule has 0 bridgehead atoms. The number of benzene rings is 2. The fourth-order valence-corrected chi connectivity index (χ4v) is 2.12. The van der Waals surface area contributed by atoms with Crippen molar-refractivity contribution in [1.29, 1.82) is 5.26 Å². The number of allylic oxidation sites excluding steroid dienone is 2. The first-order valence-corrected chi connectivity index (χ1v) is 5.66. The lowest BCUT2D eigenvalue weighted by molar-refractivity contribution is 1.23. The van der Waals surface area contributed by atoms with Crippen molar-refractivity contribution in [3.63, 3.8) is 0 Å². The summed E-state index contributed by atoms with van der Waals surface area (Å²) in [5.41, 5.74) is 4.58. The van der Waals surface area contributed by atoms with Crippen LogP contribution in [0.3, 0.4) is 0 Å². The molecule has 1 aliphatic rings. The maximum absolute atomic E-state index is 8.88. The van der Waals surface area contributed by atoms with Crippen LogP contribution >= 0.6 is 0 Å². The zero-order valence-corrected chi connectivity index (χ0v) is 9.30. The van der Waals surface area contributed by atoms with Crippen LogP contribution < -0.4 is 0 Å². The molecule has 0 aromatic heterocycles. The highest BCUT2D eigenvalue weighted by Crippen LogP contribution is 2.46. The lowest BCUT2D eigenvalue weighted by Crippen LogP contribution is -1.85. The Bertz CT molecular complexity index is 617. The van der Waals surface area contributed by atoms with Crippen molar-refractivity contribution in [1.82, 2.24) is 0 Å². The van der Waals surface area contributed by atoms with Crippen molar-refractivity contribution < 1.29 is 0 Å². The Balaban J connectivity index is 1.85. The molecular weight excluding hydrogens is 206 g/mol. The van der Waals surface area contributed by atoms with Gasteiger partial charge in [0.05, 0.1) is 11.6 Å². The van der Waals surface area contributed by atoms with Crippen molar-refractivity contribution in [2.75, 3.05) is 0 Å². The molecule has 0 radical (unpaired) electrons. The third-order valence-electron chi connectivity index (χ3n) is 3.05. The average Bonchev–Trinajstić information content (AvgIpc) is 3.20. The van der Waals surface area contributed by atoms with Crippen LogP contribution in [0.5, 0.6) is 0 Å². The molecule has 0 amide bonds. The Labute approximate surface area is 101 Å². The second-order valence-corrected chi connectivity index (χ2v) is 4.20. The minimum Gasteiger partial charge on any atom is -0.192 e.